The highest BCUT2D eigenvalue weighted by Crippen LogP contribution is 2.30. The summed E-state index contributed by atoms with van der Waals surface area (Å²) in [6.45, 7) is 6.83. The van der Waals surface area contributed by atoms with Crippen LogP contribution in [0, 0.1) is 6.92 Å². The minimum atomic E-state index is 0.113. The van der Waals surface area contributed by atoms with Crippen LogP contribution in [0.1, 0.15) is 27.0 Å². The molecule has 1 aliphatic heterocycles. The predicted molar refractivity (Wildman–Crippen MR) is 144 cm³/mol. The number of aromatic nitrogens is 1. The number of amides is 1. The number of benzene rings is 3. The normalized spacial score (nSPS) is 13.6. The Morgan fingerprint density at radius 2 is 1.57 bits per heavy atom. The van der Waals surface area contributed by atoms with Crippen molar-refractivity contribution in [2.45, 2.75) is 20.0 Å². The summed E-state index contributed by atoms with van der Waals surface area (Å²) in [5, 5.41) is 6.42. The molecule has 0 radical (unpaired) electrons. The van der Waals surface area contributed by atoms with Gasteiger partial charge in [-0.2, -0.15) is 0 Å². The average Bonchev–Trinajstić information content (AvgIpc) is 3.40. The van der Waals surface area contributed by atoms with Crippen LogP contribution in [0.2, 0.25) is 0 Å². The molecule has 0 spiro atoms. The van der Waals surface area contributed by atoms with E-state index in [0.29, 0.717) is 0 Å². The maximum atomic E-state index is 12.8. The van der Waals surface area contributed by atoms with E-state index in [0.717, 1.165) is 66.8 Å². The Bertz CT molecular complexity index is 1250. The Balaban J connectivity index is 1.36. The summed E-state index contributed by atoms with van der Waals surface area (Å²) < 4.78 is 0. The van der Waals surface area contributed by atoms with E-state index >= 15 is 0 Å². The predicted octanol–water partition coefficient (Wildman–Crippen LogP) is 5.37. The molecule has 3 aromatic carbocycles. The Morgan fingerprint density at radius 3 is 2.26 bits per heavy atom. The van der Waals surface area contributed by atoms with Gasteiger partial charge in [0.2, 0.25) is 0 Å². The van der Waals surface area contributed by atoms with Crippen LogP contribution in [-0.2, 0) is 13.1 Å². The van der Waals surface area contributed by atoms with Crippen molar-refractivity contribution in [3.8, 4) is 11.3 Å². The van der Waals surface area contributed by atoms with Crippen LogP contribution in [0.5, 0.6) is 0 Å². The van der Waals surface area contributed by atoms with E-state index in [1.165, 1.54) is 11.1 Å². The molecule has 0 unspecified atom stereocenters. The fourth-order valence-corrected chi connectivity index (χ4v) is 5.12. The number of thiazole rings is 1. The van der Waals surface area contributed by atoms with Crippen LogP contribution < -0.4 is 10.2 Å². The van der Waals surface area contributed by atoms with Crippen molar-refractivity contribution in [1.29, 1.82) is 0 Å². The fourth-order valence-electron chi connectivity index (χ4n) is 4.29. The lowest BCUT2D eigenvalue weighted by Gasteiger charge is -2.27. The second-order valence-corrected chi connectivity index (χ2v) is 9.80. The molecule has 5 rings (SSSR count). The molecule has 1 N–H and O–H groups in total. The summed E-state index contributed by atoms with van der Waals surface area (Å²) in [4.78, 5) is 22.1. The summed E-state index contributed by atoms with van der Waals surface area (Å²) in [6.07, 6.45) is 0. The summed E-state index contributed by atoms with van der Waals surface area (Å²) >= 11 is 1.67. The molecular formula is C29H30N4OS. The Labute approximate surface area is 211 Å². The van der Waals surface area contributed by atoms with Crippen molar-refractivity contribution < 1.29 is 4.79 Å². The molecule has 35 heavy (non-hydrogen) atoms. The lowest BCUT2D eigenvalue weighted by Crippen LogP contribution is -2.46. The molecule has 1 fully saturated rings. The van der Waals surface area contributed by atoms with Crippen molar-refractivity contribution in [3.05, 3.63) is 106 Å². The maximum absolute atomic E-state index is 12.8. The molecule has 178 valence electrons. The third-order valence-electron chi connectivity index (χ3n) is 6.30. The van der Waals surface area contributed by atoms with Crippen LogP contribution in [0.4, 0.5) is 5.13 Å². The van der Waals surface area contributed by atoms with Gasteiger partial charge in [0.05, 0.1) is 5.69 Å². The summed E-state index contributed by atoms with van der Waals surface area (Å²) in [5.74, 6) is 0.113. The zero-order chi connectivity index (χ0) is 24.0. The van der Waals surface area contributed by atoms with E-state index < -0.39 is 0 Å². The molecular weight excluding hydrogens is 452 g/mol. The number of aryl methyl sites for hydroxylation is 1. The first-order valence-corrected chi connectivity index (χ1v) is 12.9. The van der Waals surface area contributed by atoms with Gasteiger partial charge in [0.15, 0.2) is 5.13 Å². The van der Waals surface area contributed by atoms with Gasteiger partial charge in [0.1, 0.15) is 0 Å². The maximum Gasteiger partial charge on any atom is 0.253 e. The summed E-state index contributed by atoms with van der Waals surface area (Å²) in [7, 11) is 0. The number of rotatable bonds is 7. The van der Waals surface area contributed by atoms with Gasteiger partial charge >= 0.3 is 0 Å². The summed E-state index contributed by atoms with van der Waals surface area (Å²) in [6, 6.07) is 27.1. The van der Waals surface area contributed by atoms with E-state index in [9.17, 15) is 4.79 Å². The molecule has 1 aromatic heterocycles. The zero-order valence-electron chi connectivity index (χ0n) is 20.0. The zero-order valence-corrected chi connectivity index (χ0v) is 20.8. The van der Waals surface area contributed by atoms with Crippen molar-refractivity contribution in [2.75, 3.05) is 31.1 Å². The van der Waals surface area contributed by atoms with E-state index in [4.69, 9.17) is 4.98 Å². The van der Waals surface area contributed by atoms with Gasteiger partial charge in [-0.15, -0.1) is 11.3 Å². The van der Waals surface area contributed by atoms with Gasteiger partial charge in [-0.3, -0.25) is 4.79 Å². The highest BCUT2D eigenvalue weighted by atomic mass is 32.1. The number of hydrogen-bond acceptors (Lipinski definition) is 5. The number of anilines is 1. The first-order valence-electron chi connectivity index (χ1n) is 12.1. The smallest absolute Gasteiger partial charge is 0.253 e. The van der Waals surface area contributed by atoms with Gasteiger partial charge in [-0.1, -0.05) is 72.3 Å². The van der Waals surface area contributed by atoms with E-state index in [2.05, 4.69) is 83.2 Å². The van der Waals surface area contributed by atoms with Crippen molar-refractivity contribution in [1.82, 2.24) is 15.2 Å². The minimum absolute atomic E-state index is 0.113. The van der Waals surface area contributed by atoms with Crippen LogP contribution in [0.3, 0.4) is 0 Å². The molecule has 0 aliphatic carbocycles. The topological polar surface area (TPSA) is 48.5 Å². The van der Waals surface area contributed by atoms with Crippen LogP contribution in [-0.4, -0.2) is 42.0 Å². The number of piperazine rings is 1. The SMILES string of the molecule is Cc1ccc(-c2csc(N(Cc3ccccc3)Cc3ccc(C(=O)N4CCNCC4)cc3)n2)cc1. The van der Waals surface area contributed by atoms with Gasteiger partial charge in [0, 0.05) is 55.8 Å². The lowest BCUT2D eigenvalue weighted by molar-refractivity contribution is 0.0736. The molecule has 1 saturated heterocycles. The molecule has 0 atom stereocenters. The number of hydrogen-bond donors (Lipinski definition) is 1. The van der Waals surface area contributed by atoms with Crippen LogP contribution >= 0.6 is 11.3 Å². The Kier molecular flexibility index (Phi) is 7.21. The van der Waals surface area contributed by atoms with Crippen LogP contribution in [0.15, 0.2) is 84.2 Å². The van der Waals surface area contributed by atoms with E-state index in [-0.39, 0.29) is 5.91 Å². The molecule has 1 amide bonds. The number of nitrogens with one attached hydrogen (secondary N) is 1. The minimum Gasteiger partial charge on any atom is -0.339 e. The standard InChI is InChI=1S/C29H30N4OS/c1-22-7-11-25(12-8-22)27-21-35-29(31-27)33(19-23-5-3-2-4-6-23)20-24-9-13-26(14-10-24)28(34)32-17-15-30-16-18-32/h2-14,21,30H,15-20H2,1H3. The van der Waals surface area contributed by atoms with Gasteiger partial charge in [-0.25, -0.2) is 4.98 Å². The highest BCUT2D eigenvalue weighted by molar-refractivity contribution is 7.14. The summed E-state index contributed by atoms with van der Waals surface area (Å²) in [5.41, 5.74) is 6.53. The molecule has 2 heterocycles. The van der Waals surface area contributed by atoms with E-state index in [1.807, 2.05) is 23.1 Å². The number of carbonyl (C=O) groups is 1. The Morgan fingerprint density at radius 1 is 0.914 bits per heavy atom. The molecule has 0 saturated carbocycles. The third-order valence-corrected chi connectivity index (χ3v) is 7.21. The fraction of sp³-hybridized carbons (Fsp3) is 0.241. The average molecular weight is 483 g/mol. The molecule has 4 aromatic rings. The third kappa shape index (κ3) is 5.78. The molecule has 1 aliphatic rings. The first-order chi connectivity index (χ1) is 17.2. The van der Waals surface area contributed by atoms with Gasteiger partial charge in [-0.05, 0) is 30.2 Å². The van der Waals surface area contributed by atoms with Crippen LogP contribution in [0.25, 0.3) is 11.3 Å². The molecule has 6 heteroatoms. The second-order valence-electron chi connectivity index (χ2n) is 8.96. The molecule has 5 nitrogen and oxygen atoms in total. The first kappa shape index (κ1) is 23.3. The highest BCUT2D eigenvalue weighted by Gasteiger charge is 2.18. The van der Waals surface area contributed by atoms with Gasteiger partial charge in [0.25, 0.3) is 5.91 Å². The van der Waals surface area contributed by atoms with E-state index in [1.54, 1.807) is 11.3 Å². The van der Waals surface area contributed by atoms with Crippen molar-refractivity contribution in [2.24, 2.45) is 0 Å². The van der Waals surface area contributed by atoms with Crippen molar-refractivity contribution >= 4 is 22.4 Å². The van der Waals surface area contributed by atoms with Crippen molar-refractivity contribution in [3.63, 3.8) is 0 Å². The monoisotopic (exact) mass is 482 g/mol. The largest absolute Gasteiger partial charge is 0.339 e. The van der Waals surface area contributed by atoms with Gasteiger partial charge < -0.3 is 15.1 Å². The quantitative estimate of drug-likeness (QED) is 0.385. The number of carbonyl (C=O) groups excluding carboxylic acids is 1. The second kappa shape index (κ2) is 10.8. The Hall–Kier alpha value is -3.48. The molecule has 0 bridgehead atoms. The lowest BCUT2D eigenvalue weighted by atomic mass is 10.1. The number of nitrogens with zero attached hydrogens (tertiary/aromatic N) is 3.